The number of benzene rings is 1. The van der Waals surface area contributed by atoms with Gasteiger partial charge in [-0.2, -0.15) is 0 Å². The summed E-state index contributed by atoms with van der Waals surface area (Å²) in [4.78, 5) is 28.6. The van der Waals surface area contributed by atoms with Crippen LogP contribution in [-0.2, 0) is 6.42 Å². The van der Waals surface area contributed by atoms with Gasteiger partial charge < -0.3 is 9.73 Å². The molecule has 0 fully saturated rings. The molecule has 0 saturated carbocycles. The number of amides is 1. The lowest BCUT2D eigenvalue weighted by Gasteiger charge is -2.06. The van der Waals surface area contributed by atoms with Crippen LogP contribution in [0.2, 0.25) is 0 Å². The van der Waals surface area contributed by atoms with Crippen LogP contribution in [-0.4, -0.2) is 16.7 Å². The fraction of sp³-hybridized carbons (Fsp3) is 0.105. The molecule has 0 unspecified atom stereocenters. The lowest BCUT2D eigenvalue weighted by atomic mass is 10.0. The number of carbonyl (C=O) groups is 2. The number of Topliss-reactive ketones (excluding diaryl/α,β-unsaturated/α-hetero) is 1. The molecule has 0 bridgehead atoms. The van der Waals surface area contributed by atoms with E-state index in [9.17, 15) is 9.59 Å². The number of rotatable bonds is 5. The smallest absolute Gasteiger partial charge is 0.291 e. The van der Waals surface area contributed by atoms with Gasteiger partial charge in [0.25, 0.3) is 5.91 Å². The number of ketones is 1. The molecule has 5 heteroatoms. The number of pyridine rings is 1. The van der Waals surface area contributed by atoms with E-state index in [4.69, 9.17) is 4.42 Å². The standard InChI is InChI=1S/C19H16N2O3/c1-13-7-8-20-16(10-13)12-17(22)14-4-2-5-15(11-14)21-19(23)18-6-3-9-24-18/h2-11H,12H2,1H3,(H,21,23). The number of anilines is 1. The second kappa shape index (κ2) is 6.91. The summed E-state index contributed by atoms with van der Waals surface area (Å²) >= 11 is 0. The molecule has 0 radical (unpaired) electrons. The third-order valence-corrected chi connectivity index (χ3v) is 3.50. The first kappa shape index (κ1) is 15.7. The third kappa shape index (κ3) is 3.76. The second-order valence-electron chi connectivity index (χ2n) is 5.44. The second-order valence-corrected chi connectivity index (χ2v) is 5.44. The van der Waals surface area contributed by atoms with E-state index in [0.29, 0.717) is 11.3 Å². The van der Waals surface area contributed by atoms with Gasteiger partial charge in [-0.3, -0.25) is 14.6 Å². The SMILES string of the molecule is Cc1ccnc(CC(=O)c2cccc(NC(=O)c3ccco3)c2)c1. The molecule has 0 aliphatic rings. The molecule has 3 rings (SSSR count). The molecule has 0 spiro atoms. The van der Waals surface area contributed by atoms with Crippen molar-refractivity contribution in [1.29, 1.82) is 0 Å². The quantitative estimate of drug-likeness (QED) is 0.728. The largest absolute Gasteiger partial charge is 0.459 e. The number of aromatic nitrogens is 1. The van der Waals surface area contributed by atoms with Gasteiger partial charge in [0.2, 0.25) is 0 Å². The van der Waals surface area contributed by atoms with E-state index >= 15 is 0 Å². The highest BCUT2D eigenvalue weighted by Crippen LogP contribution is 2.15. The van der Waals surface area contributed by atoms with Crippen LogP contribution >= 0.6 is 0 Å². The average Bonchev–Trinajstić information content (AvgIpc) is 3.10. The van der Waals surface area contributed by atoms with E-state index in [2.05, 4.69) is 10.3 Å². The highest BCUT2D eigenvalue weighted by molar-refractivity contribution is 6.03. The van der Waals surface area contributed by atoms with Crippen molar-refractivity contribution < 1.29 is 14.0 Å². The summed E-state index contributed by atoms with van der Waals surface area (Å²) in [7, 11) is 0. The monoisotopic (exact) mass is 320 g/mol. The average molecular weight is 320 g/mol. The minimum absolute atomic E-state index is 0.0535. The number of nitrogens with zero attached hydrogens (tertiary/aromatic N) is 1. The Morgan fingerprint density at radius 2 is 2.00 bits per heavy atom. The summed E-state index contributed by atoms with van der Waals surface area (Å²) < 4.78 is 5.05. The minimum Gasteiger partial charge on any atom is -0.459 e. The van der Waals surface area contributed by atoms with Crippen LogP contribution in [0.5, 0.6) is 0 Å². The minimum atomic E-state index is -0.357. The fourth-order valence-corrected chi connectivity index (χ4v) is 2.33. The van der Waals surface area contributed by atoms with Gasteiger partial charge in [0, 0.05) is 23.1 Å². The Kier molecular flexibility index (Phi) is 4.52. The molecule has 0 atom stereocenters. The normalized spacial score (nSPS) is 10.4. The Hall–Kier alpha value is -3.21. The first-order valence-electron chi connectivity index (χ1n) is 7.51. The van der Waals surface area contributed by atoms with Crippen LogP contribution in [0.4, 0.5) is 5.69 Å². The Balaban J connectivity index is 1.72. The number of hydrogen-bond donors (Lipinski definition) is 1. The van der Waals surface area contributed by atoms with Crippen molar-refractivity contribution in [1.82, 2.24) is 4.98 Å². The highest BCUT2D eigenvalue weighted by atomic mass is 16.3. The summed E-state index contributed by atoms with van der Waals surface area (Å²) in [6, 6.07) is 13.8. The van der Waals surface area contributed by atoms with Gasteiger partial charge in [0.05, 0.1) is 12.7 Å². The summed E-state index contributed by atoms with van der Waals surface area (Å²) in [5.41, 5.74) is 2.85. The zero-order valence-corrected chi connectivity index (χ0v) is 13.2. The lowest BCUT2D eigenvalue weighted by Crippen LogP contribution is -2.12. The van der Waals surface area contributed by atoms with Gasteiger partial charge in [0.15, 0.2) is 11.5 Å². The maximum absolute atomic E-state index is 12.4. The number of nitrogens with one attached hydrogen (secondary N) is 1. The molecule has 0 saturated heterocycles. The maximum Gasteiger partial charge on any atom is 0.291 e. The van der Waals surface area contributed by atoms with E-state index in [1.54, 1.807) is 42.6 Å². The van der Waals surface area contributed by atoms with E-state index in [0.717, 1.165) is 11.3 Å². The number of hydrogen-bond acceptors (Lipinski definition) is 4. The summed E-state index contributed by atoms with van der Waals surface area (Å²) in [6.45, 7) is 1.96. The number of carbonyl (C=O) groups excluding carboxylic acids is 2. The van der Waals surface area contributed by atoms with E-state index in [-0.39, 0.29) is 23.9 Å². The summed E-state index contributed by atoms with van der Waals surface area (Å²) in [5, 5.41) is 2.71. The first-order valence-corrected chi connectivity index (χ1v) is 7.51. The third-order valence-electron chi connectivity index (χ3n) is 3.50. The van der Waals surface area contributed by atoms with Gasteiger partial charge in [-0.1, -0.05) is 12.1 Å². The van der Waals surface area contributed by atoms with Gasteiger partial charge in [-0.05, 0) is 48.9 Å². The number of aryl methyl sites for hydroxylation is 1. The van der Waals surface area contributed by atoms with Crippen molar-refractivity contribution in [2.24, 2.45) is 0 Å². The molecular formula is C19H16N2O3. The molecule has 120 valence electrons. The topological polar surface area (TPSA) is 72.2 Å². The lowest BCUT2D eigenvalue weighted by molar-refractivity contribution is 0.0984. The molecule has 1 amide bonds. The van der Waals surface area contributed by atoms with Crippen LogP contribution in [0.1, 0.15) is 32.2 Å². The fourth-order valence-electron chi connectivity index (χ4n) is 2.33. The maximum atomic E-state index is 12.4. The van der Waals surface area contributed by atoms with Crippen molar-refractivity contribution in [2.75, 3.05) is 5.32 Å². The predicted octanol–water partition coefficient (Wildman–Crippen LogP) is 3.66. The van der Waals surface area contributed by atoms with Crippen LogP contribution in [0.3, 0.4) is 0 Å². The van der Waals surface area contributed by atoms with Crippen LogP contribution in [0.15, 0.2) is 65.4 Å². The molecule has 5 nitrogen and oxygen atoms in total. The van der Waals surface area contributed by atoms with Crippen molar-refractivity contribution in [3.8, 4) is 0 Å². The first-order chi connectivity index (χ1) is 11.6. The molecule has 3 aromatic rings. The Bertz CT molecular complexity index is 870. The van der Waals surface area contributed by atoms with Crippen LogP contribution in [0, 0.1) is 6.92 Å². The van der Waals surface area contributed by atoms with Crippen molar-refractivity contribution >= 4 is 17.4 Å². The summed E-state index contributed by atoms with van der Waals surface area (Å²) in [5.74, 6) is -0.192. The van der Waals surface area contributed by atoms with E-state index in [1.165, 1.54) is 6.26 Å². The van der Waals surface area contributed by atoms with E-state index in [1.807, 2.05) is 19.1 Å². The Morgan fingerprint density at radius 1 is 1.12 bits per heavy atom. The molecule has 2 aromatic heterocycles. The van der Waals surface area contributed by atoms with E-state index < -0.39 is 0 Å². The molecule has 1 aromatic carbocycles. The van der Waals surface area contributed by atoms with Crippen molar-refractivity contribution in [2.45, 2.75) is 13.3 Å². The van der Waals surface area contributed by atoms with Gasteiger partial charge in [0.1, 0.15) is 0 Å². The number of furan rings is 1. The molecule has 0 aliphatic heterocycles. The van der Waals surface area contributed by atoms with Crippen molar-refractivity contribution in [3.05, 3.63) is 83.6 Å². The van der Waals surface area contributed by atoms with Gasteiger partial charge in [-0.15, -0.1) is 0 Å². The van der Waals surface area contributed by atoms with Crippen molar-refractivity contribution in [3.63, 3.8) is 0 Å². The summed E-state index contributed by atoms with van der Waals surface area (Å²) in [6.07, 6.45) is 3.35. The highest BCUT2D eigenvalue weighted by Gasteiger charge is 2.12. The zero-order valence-electron chi connectivity index (χ0n) is 13.2. The molecule has 2 heterocycles. The van der Waals surface area contributed by atoms with Gasteiger partial charge >= 0.3 is 0 Å². The predicted molar refractivity (Wildman–Crippen MR) is 90.1 cm³/mol. The van der Waals surface area contributed by atoms with Gasteiger partial charge in [-0.25, -0.2) is 0 Å². The molecule has 24 heavy (non-hydrogen) atoms. The zero-order chi connectivity index (χ0) is 16.9. The van der Waals surface area contributed by atoms with Crippen LogP contribution in [0.25, 0.3) is 0 Å². The molecule has 1 N–H and O–H groups in total. The Morgan fingerprint density at radius 3 is 2.75 bits per heavy atom. The Labute approximate surface area is 139 Å². The molecular weight excluding hydrogens is 304 g/mol. The van der Waals surface area contributed by atoms with Crippen LogP contribution < -0.4 is 5.32 Å². The molecule has 0 aliphatic carbocycles.